The second-order valence-electron chi connectivity index (χ2n) is 5.59. The van der Waals surface area contributed by atoms with Crippen molar-refractivity contribution in [3.63, 3.8) is 0 Å². The van der Waals surface area contributed by atoms with Crippen molar-refractivity contribution in [2.45, 2.75) is 39.4 Å². The number of benzene rings is 1. The fourth-order valence-corrected chi connectivity index (χ4v) is 2.16. The van der Waals surface area contributed by atoms with Crippen molar-refractivity contribution in [3.8, 4) is 5.75 Å². The Kier molecular flexibility index (Phi) is 6.12. The summed E-state index contributed by atoms with van der Waals surface area (Å²) in [5, 5.41) is 20.9. The maximum Gasteiger partial charge on any atom is 0.312 e. The highest BCUT2D eigenvalue weighted by Crippen LogP contribution is 2.37. The Morgan fingerprint density at radius 2 is 2.00 bits per heavy atom. The number of nitro benzene ring substituents is 1. The number of hydrogen-bond acceptors (Lipinski definition) is 5. The number of hydrogen-bond donors (Lipinski definition) is 1. The third kappa shape index (κ3) is 5.61. The Hall–Kier alpha value is -1.18. The predicted molar refractivity (Wildman–Crippen MR) is 82.6 cm³/mol. The van der Waals surface area contributed by atoms with E-state index in [4.69, 9.17) is 9.47 Å². The predicted octanol–water partition coefficient (Wildman–Crippen LogP) is 3.60. The molecule has 0 saturated carbocycles. The minimum absolute atomic E-state index is 0.0794. The summed E-state index contributed by atoms with van der Waals surface area (Å²) in [5.74, 6) is 0.0794. The molecule has 0 amide bonds. The van der Waals surface area contributed by atoms with Gasteiger partial charge in [-0.3, -0.25) is 10.1 Å². The van der Waals surface area contributed by atoms with Crippen LogP contribution in [-0.4, -0.2) is 28.8 Å². The highest BCUT2D eigenvalue weighted by Gasteiger charge is 2.23. The van der Waals surface area contributed by atoms with Crippen LogP contribution in [0.2, 0.25) is 0 Å². The van der Waals surface area contributed by atoms with Gasteiger partial charge in [-0.15, -0.1) is 0 Å². The normalized spacial score (nSPS) is 13.0. The molecule has 1 rings (SSSR count). The first kappa shape index (κ1) is 17.9. The zero-order valence-corrected chi connectivity index (χ0v) is 14.1. The SMILES string of the molecule is CC(O)c1cc(Br)cc([N+](=O)[O-])c1OCCOC(C)(C)C. The fraction of sp³-hybridized carbons (Fsp3) is 0.571. The molecule has 0 spiro atoms. The van der Waals surface area contributed by atoms with Gasteiger partial charge in [-0.05, 0) is 33.8 Å². The van der Waals surface area contributed by atoms with Crippen molar-refractivity contribution >= 4 is 21.6 Å². The monoisotopic (exact) mass is 361 g/mol. The van der Waals surface area contributed by atoms with E-state index in [9.17, 15) is 15.2 Å². The fourth-order valence-electron chi connectivity index (χ4n) is 1.69. The van der Waals surface area contributed by atoms with Gasteiger partial charge in [0.2, 0.25) is 5.75 Å². The smallest absolute Gasteiger partial charge is 0.312 e. The molecule has 0 aliphatic rings. The van der Waals surface area contributed by atoms with Gasteiger partial charge >= 0.3 is 5.69 Å². The summed E-state index contributed by atoms with van der Waals surface area (Å²) >= 11 is 3.20. The second-order valence-corrected chi connectivity index (χ2v) is 6.50. The van der Waals surface area contributed by atoms with Crippen LogP contribution in [0, 0.1) is 10.1 Å². The average Bonchev–Trinajstić information content (AvgIpc) is 2.33. The summed E-state index contributed by atoms with van der Waals surface area (Å²) in [5.41, 5.74) is -0.120. The van der Waals surface area contributed by atoms with E-state index in [0.29, 0.717) is 16.6 Å². The number of rotatable bonds is 6. The molecule has 118 valence electrons. The van der Waals surface area contributed by atoms with Crippen LogP contribution < -0.4 is 4.74 Å². The number of aliphatic hydroxyl groups excluding tert-OH is 1. The maximum atomic E-state index is 11.1. The number of ether oxygens (including phenoxy) is 2. The van der Waals surface area contributed by atoms with E-state index >= 15 is 0 Å². The van der Waals surface area contributed by atoms with Gasteiger partial charge in [0.15, 0.2) is 0 Å². The molecule has 0 aliphatic carbocycles. The first-order chi connectivity index (χ1) is 9.61. The van der Waals surface area contributed by atoms with Gasteiger partial charge in [0.1, 0.15) is 6.61 Å². The Labute approximate surface area is 132 Å². The number of aliphatic hydroxyl groups is 1. The van der Waals surface area contributed by atoms with Crippen molar-refractivity contribution in [2.24, 2.45) is 0 Å². The van der Waals surface area contributed by atoms with E-state index in [1.54, 1.807) is 6.07 Å². The minimum Gasteiger partial charge on any atom is -0.484 e. The lowest BCUT2D eigenvalue weighted by Gasteiger charge is -2.20. The van der Waals surface area contributed by atoms with Gasteiger partial charge in [-0.25, -0.2) is 0 Å². The molecule has 1 aromatic rings. The van der Waals surface area contributed by atoms with Crippen molar-refractivity contribution in [1.82, 2.24) is 0 Å². The maximum absolute atomic E-state index is 11.1. The van der Waals surface area contributed by atoms with E-state index in [1.807, 2.05) is 20.8 Å². The highest BCUT2D eigenvalue weighted by molar-refractivity contribution is 9.10. The van der Waals surface area contributed by atoms with Crippen molar-refractivity contribution < 1.29 is 19.5 Å². The number of nitro groups is 1. The molecule has 6 nitrogen and oxygen atoms in total. The third-order valence-corrected chi connectivity index (χ3v) is 3.03. The minimum atomic E-state index is -0.875. The first-order valence-electron chi connectivity index (χ1n) is 6.54. The molecule has 1 aromatic carbocycles. The Balaban J connectivity index is 2.95. The summed E-state index contributed by atoms with van der Waals surface area (Å²) in [4.78, 5) is 10.6. The lowest BCUT2D eigenvalue weighted by molar-refractivity contribution is -0.386. The van der Waals surface area contributed by atoms with E-state index in [1.165, 1.54) is 13.0 Å². The zero-order valence-electron chi connectivity index (χ0n) is 12.6. The molecule has 0 radical (unpaired) electrons. The van der Waals surface area contributed by atoms with Crippen molar-refractivity contribution in [2.75, 3.05) is 13.2 Å². The van der Waals surface area contributed by atoms with Gasteiger partial charge in [0, 0.05) is 16.1 Å². The molecule has 21 heavy (non-hydrogen) atoms. The number of nitrogens with zero attached hydrogens (tertiary/aromatic N) is 1. The molecule has 1 N–H and O–H groups in total. The van der Waals surface area contributed by atoms with Crippen LogP contribution >= 0.6 is 15.9 Å². The highest BCUT2D eigenvalue weighted by atomic mass is 79.9. The van der Waals surface area contributed by atoms with E-state index in [2.05, 4.69) is 15.9 Å². The van der Waals surface area contributed by atoms with Crippen LogP contribution in [0.15, 0.2) is 16.6 Å². The summed E-state index contributed by atoms with van der Waals surface area (Å²) in [6, 6.07) is 2.96. The van der Waals surface area contributed by atoms with Crippen molar-refractivity contribution in [1.29, 1.82) is 0 Å². The third-order valence-electron chi connectivity index (χ3n) is 2.57. The van der Waals surface area contributed by atoms with Crippen LogP contribution in [0.5, 0.6) is 5.75 Å². The Morgan fingerprint density at radius 1 is 1.38 bits per heavy atom. The summed E-state index contributed by atoms with van der Waals surface area (Å²) in [6.45, 7) is 7.74. The molecule has 1 unspecified atom stereocenters. The summed E-state index contributed by atoms with van der Waals surface area (Å²) in [7, 11) is 0. The first-order valence-corrected chi connectivity index (χ1v) is 7.34. The van der Waals surface area contributed by atoms with Gasteiger partial charge in [-0.2, -0.15) is 0 Å². The molecular formula is C14H20BrNO5. The van der Waals surface area contributed by atoms with E-state index < -0.39 is 11.0 Å². The average molecular weight is 362 g/mol. The number of halogens is 1. The van der Waals surface area contributed by atoms with E-state index in [-0.39, 0.29) is 23.6 Å². The van der Waals surface area contributed by atoms with Crippen LogP contribution in [0.25, 0.3) is 0 Å². The molecule has 0 saturated heterocycles. The largest absolute Gasteiger partial charge is 0.484 e. The molecule has 0 aliphatic heterocycles. The molecule has 1 atom stereocenters. The Morgan fingerprint density at radius 3 is 2.48 bits per heavy atom. The summed E-state index contributed by atoms with van der Waals surface area (Å²) in [6.07, 6.45) is -0.875. The topological polar surface area (TPSA) is 81.8 Å². The second kappa shape index (κ2) is 7.20. The quantitative estimate of drug-likeness (QED) is 0.475. The Bertz CT molecular complexity index is 511. The van der Waals surface area contributed by atoms with Crippen LogP contribution in [0.1, 0.15) is 39.4 Å². The standard InChI is InChI=1S/C14H20BrNO5/c1-9(17)11-7-10(15)8-12(16(18)19)13(11)20-5-6-21-14(2,3)4/h7-9,17H,5-6H2,1-4H3. The molecule has 0 bridgehead atoms. The lowest BCUT2D eigenvalue weighted by atomic mass is 10.1. The van der Waals surface area contributed by atoms with Crippen molar-refractivity contribution in [3.05, 3.63) is 32.3 Å². The van der Waals surface area contributed by atoms with Crippen LogP contribution in [-0.2, 0) is 4.74 Å². The van der Waals surface area contributed by atoms with Gasteiger partial charge in [-0.1, -0.05) is 15.9 Å². The lowest BCUT2D eigenvalue weighted by Crippen LogP contribution is -2.22. The molecule has 0 heterocycles. The van der Waals surface area contributed by atoms with Crippen LogP contribution in [0.3, 0.4) is 0 Å². The van der Waals surface area contributed by atoms with E-state index in [0.717, 1.165) is 0 Å². The summed E-state index contributed by atoms with van der Waals surface area (Å²) < 4.78 is 11.5. The zero-order chi connectivity index (χ0) is 16.2. The van der Waals surface area contributed by atoms with Gasteiger partial charge in [0.05, 0.1) is 23.2 Å². The molecular weight excluding hydrogens is 342 g/mol. The molecule has 7 heteroatoms. The molecule has 0 fully saturated rings. The van der Waals surface area contributed by atoms with Gasteiger partial charge in [0.25, 0.3) is 0 Å². The van der Waals surface area contributed by atoms with Gasteiger partial charge < -0.3 is 14.6 Å². The van der Waals surface area contributed by atoms with Crippen LogP contribution in [0.4, 0.5) is 5.69 Å². The molecule has 0 aromatic heterocycles.